The number of urea groups is 1. The van der Waals surface area contributed by atoms with Gasteiger partial charge in [-0.3, -0.25) is 9.69 Å². The predicted molar refractivity (Wildman–Crippen MR) is 123 cm³/mol. The maximum absolute atomic E-state index is 12.9. The summed E-state index contributed by atoms with van der Waals surface area (Å²) in [5, 5.41) is 2.71. The Morgan fingerprint density at radius 1 is 1.00 bits per heavy atom. The lowest BCUT2D eigenvalue weighted by molar-refractivity contribution is -0.117. The van der Waals surface area contributed by atoms with Gasteiger partial charge < -0.3 is 10.2 Å². The van der Waals surface area contributed by atoms with Gasteiger partial charge in [0.05, 0.1) is 10.9 Å². The molecule has 32 heavy (non-hydrogen) atoms. The van der Waals surface area contributed by atoms with Crippen LogP contribution in [0.4, 0.5) is 16.2 Å². The lowest BCUT2D eigenvalue weighted by Crippen LogP contribution is -2.41. The van der Waals surface area contributed by atoms with E-state index in [1.54, 1.807) is 29.2 Å². The normalized spacial score (nSPS) is 16.7. The van der Waals surface area contributed by atoms with Gasteiger partial charge in [0.25, 0.3) is 0 Å². The quantitative estimate of drug-likeness (QED) is 0.723. The Morgan fingerprint density at radius 3 is 2.38 bits per heavy atom. The Labute approximate surface area is 188 Å². The number of amides is 3. The van der Waals surface area contributed by atoms with Crippen molar-refractivity contribution in [1.29, 1.82) is 0 Å². The predicted octanol–water partition coefficient (Wildman–Crippen LogP) is 2.88. The molecule has 8 nitrogen and oxygen atoms in total. The Morgan fingerprint density at radius 2 is 1.69 bits per heavy atom. The minimum absolute atomic E-state index is 0.0172. The first-order chi connectivity index (χ1) is 15.2. The molecule has 2 aliphatic heterocycles. The van der Waals surface area contributed by atoms with Crippen LogP contribution >= 0.6 is 0 Å². The minimum atomic E-state index is -3.90. The summed E-state index contributed by atoms with van der Waals surface area (Å²) in [6.45, 7) is 5.52. The van der Waals surface area contributed by atoms with Crippen molar-refractivity contribution in [2.45, 2.75) is 44.0 Å². The second-order valence-electron chi connectivity index (χ2n) is 8.37. The number of sulfonamides is 1. The van der Waals surface area contributed by atoms with E-state index in [2.05, 4.69) is 10.0 Å². The Bertz CT molecular complexity index is 1130. The van der Waals surface area contributed by atoms with Crippen molar-refractivity contribution in [1.82, 2.24) is 9.62 Å². The molecule has 0 bridgehead atoms. The fraction of sp³-hybridized carbons (Fsp3) is 0.391. The molecule has 170 valence electrons. The van der Waals surface area contributed by atoms with Crippen LogP contribution in [0.25, 0.3) is 0 Å². The van der Waals surface area contributed by atoms with Gasteiger partial charge in [-0.2, -0.15) is 4.72 Å². The molecule has 2 N–H and O–H groups in total. The van der Waals surface area contributed by atoms with E-state index < -0.39 is 22.0 Å². The van der Waals surface area contributed by atoms with Gasteiger partial charge in [0.1, 0.15) is 0 Å². The largest absolute Gasteiger partial charge is 0.325 e. The molecule has 2 aromatic rings. The summed E-state index contributed by atoms with van der Waals surface area (Å²) in [6, 6.07) is 11.1. The topological polar surface area (TPSA) is 98.8 Å². The molecule has 1 saturated heterocycles. The van der Waals surface area contributed by atoms with Crippen molar-refractivity contribution in [2.75, 3.05) is 29.9 Å². The van der Waals surface area contributed by atoms with E-state index in [1.807, 2.05) is 24.0 Å². The zero-order valence-corrected chi connectivity index (χ0v) is 19.1. The van der Waals surface area contributed by atoms with Crippen molar-refractivity contribution < 1.29 is 18.0 Å². The average Bonchev–Trinajstić information content (AvgIpc) is 3.44. The third-order valence-electron chi connectivity index (χ3n) is 5.91. The molecule has 9 heteroatoms. The van der Waals surface area contributed by atoms with Gasteiger partial charge in [-0.25, -0.2) is 13.2 Å². The highest BCUT2D eigenvalue weighted by Crippen LogP contribution is 2.31. The van der Waals surface area contributed by atoms with Gasteiger partial charge in [0.2, 0.25) is 15.9 Å². The summed E-state index contributed by atoms with van der Waals surface area (Å²) >= 11 is 0. The van der Waals surface area contributed by atoms with Crippen molar-refractivity contribution >= 4 is 33.3 Å². The number of carbonyl (C=O) groups is 2. The molecule has 0 aromatic heterocycles. The SMILES string of the molecule is Cc1ccc(NC(=O)C(C)NS(=O)(=O)c2ccc3c(c2)CCN3C(=O)N2CCCC2)cc1. The monoisotopic (exact) mass is 456 g/mol. The molecule has 3 amide bonds. The number of carbonyl (C=O) groups excluding carboxylic acids is 2. The Hall–Kier alpha value is -2.91. The second-order valence-corrected chi connectivity index (χ2v) is 10.1. The van der Waals surface area contributed by atoms with Crippen LogP contribution in [0.2, 0.25) is 0 Å². The Balaban J connectivity index is 1.44. The van der Waals surface area contributed by atoms with Crippen LogP contribution in [-0.4, -0.2) is 50.9 Å². The lowest BCUT2D eigenvalue weighted by Gasteiger charge is -2.24. The van der Waals surface area contributed by atoms with Crippen LogP contribution in [0.3, 0.4) is 0 Å². The molecule has 0 spiro atoms. The third-order valence-corrected chi connectivity index (χ3v) is 7.45. The summed E-state index contributed by atoms with van der Waals surface area (Å²) in [4.78, 5) is 28.9. The third kappa shape index (κ3) is 4.63. The fourth-order valence-corrected chi connectivity index (χ4v) is 5.32. The van der Waals surface area contributed by atoms with Gasteiger partial charge in [0, 0.05) is 31.0 Å². The molecule has 0 aliphatic carbocycles. The number of benzene rings is 2. The van der Waals surface area contributed by atoms with Gasteiger partial charge in [-0.15, -0.1) is 0 Å². The van der Waals surface area contributed by atoms with Crippen LogP contribution in [0, 0.1) is 6.92 Å². The average molecular weight is 457 g/mol. The number of fused-ring (bicyclic) bond motifs is 1. The van der Waals surface area contributed by atoms with E-state index in [4.69, 9.17) is 0 Å². The van der Waals surface area contributed by atoms with E-state index in [0.717, 1.165) is 42.7 Å². The smallest absolute Gasteiger partial charge is 0.324 e. The first-order valence-electron chi connectivity index (χ1n) is 10.8. The zero-order chi connectivity index (χ0) is 22.9. The van der Waals surface area contributed by atoms with Gasteiger partial charge >= 0.3 is 6.03 Å². The zero-order valence-electron chi connectivity index (χ0n) is 18.3. The summed E-state index contributed by atoms with van der Waals surface area (Å²) in [5.41, 5.74) is 3.24. The molecule has 0 saturated carbocycles. The summed E-state index contributed by atoms with van der Waals surface area (Å²) in [6.07, 6.45) is 2.64. The molecule has 0 radical (unpaired) electrons. The number of anilines is 2. The van der Waals surface area contributed by atoms with Crippen LogP contribution in [0.5, 0.6) is 0 Å². The van der Waals surface area contributed by atoms with Gasteiger partial charge in [-0.05, 0) is 69.0 Å². The van der Waals surface area contributed by atoms with E-state index in [1.165, 1.54) is 13.0 Å². The number of rotatable bonds is 5. The number of likely N-dealkylation sites (tertiary alicyclic amines) is 1. The molecular formula is C23H28N4O4S. The van der Waals surface area contributed by atoms with E-state index in [-0.39, 0.29) is 10.9 Å². The molecule has 1 unspecified atom stereocenters. The number of hydrogen-bond acceptors (Lipinski definition) is 4. The first kappa shape index (κ1) is 22.3. The van der Waals surface area contributed by atoms with Crippen molar-refractivity contribution in [3.63, 3.8) is 0 Å². The number of nitrogens with zero attached hydrogens (tertiary/aromatic N) is 2. The molecule has 2 aromatic carbocycles. The number of nitrogens with one attached hydrogen (secondary N) is 2. The van der Waals surface area contributed by atoms with Crippen molar-refractivity contribution in [3.8, 4) is 0 Å². The van der Waals surface area contributed by atoms with E-state index in [9.17, 15) is 18.0 Å². The highest BCUT2D eigenvalue weighted by atomic mass is 32.2. The van der Waals surface area contributed by atoms with Crippen LogP contribution < -0.4 is 14.9 Å². The minimum Gasteiger partial charge on any atom is -0.325 e. The van der Waals surface area contributed by atoms with Crippen molar-refractivity contribution in [3.05, 3.63) is 53.6 Å². The van der Waals surface area contributed by atoms with Gasteiger partial charge in [0.15, 0.2) is 0 Å². The van der Waals surface area contributed by atoms with Gasteiger partial charge in [-0.1, -0.05) is 17.7 Å². The standard InChI is InChI=1S/C23H28N4O4S/c1-16-5-7-19(8-6-16)24-22(28)17(2)25-32(30,31)20-9-10-21-18(15-20)11-14-27(21)23(29)26-12-3-4-13-26/h5-10,15,17,25H,3-4,11-14H2,1-2H3,(H,24,28). The summed E-state index contributed by atoms with van der Waals surface area (Å²) in [7, 11) is -3.90. The lowest BCUT2D eigenvalue weighted by atomic mass is 10.2. The molecule has 1 fully saturated rings. The van der Waals surface area contributed by atoms with E-state index >= 15 is 0 Å². The van der Waals surface area contributed by atoms with Crippen LogP contribution in [0.15, 0.2) is 47.4 Å². The first-order valence-corrected chi connectivity index (χ1v) is 12.3. The highest BCUT2D eigenvalue weighted by Gasteiger charge is 2.31. The highest BCUT2D eigenvalue weighted by molar-refractivity contribution is 7.89. The number of hydrogen-bond donors (Lipinski definition) is 2. The fourth-order valence-electron chi connectivity index (χ4n) is 4.06. The summed E-state index contributed by atoms with van der Waals surface area (Å²) in [5.74, 6) is -0.444. The Kier molecular flexibility index (Phi) is 6.21. The van der Waals surface area contributed by atoms with Crippen LogP contribution in [-0.2, 0) is 21.2 Å². The molecule has 2 aliphatic rings. The maximum atomic E-state index is 12.9. The molecule has 4 rings (SSSR count). The molecular weight excluding hydrogens is 428 g/mol. The molecule has 1 atom stereocenters. The maximum Gasteiger partial charge on any atom is 0.324 e. The number of aryl methyl sites for hydroxylation is 1. The van der Waals surface area contributed by atoms with E-state index in [0.29, 0.717) is 18.7 Å². The second kappa shape index (κ2) is 8.91. The molecule has 2 heterocycles. The van der Waals surface area contributed by atoms with Crippen molar-refractivity contribution in [2.24, 2.45) is 0 Å². The van der Waals surface area contributed by atoms with Crippen LogP contribution in [0.1, 0.15) is 30.9 Å². The summed E-state index contributed by atoms with van der Waals surface area (Å²) < 4.78 is 28.2.